The second-order valence-corrected chi connectivity index (χ2v) is 8.78. The van der Waals surface area contributed by atoms with E-state index in [2.05, 4.69) is 64.4 Å². The molecule has 1 aliphatic rings. The van der Waals surface area contributed by atoms with Crippen LogP contribution >= 0.6 is 62.3 Å². The zero-order valence-corrected chi connectivity index (χ0v) is 24.8. The van der Waals surface area contributed by atoms with Crippen LogP contribution in [0, 0.1) is 0 Å². The van der Waals surface area contributed by atoms with Crippen LogP contribution in [-0.2, 0) is 12.8 Å². The summed E-state index contributed by atoms with van der Waals surface area (Å²) in [5, 5.41) is 3.48. The molecule has 31 heavy (non-hydrogen) atoms. The van der Waals surface area contributed by atoms with E-state index in [9.17, 15) is 0 Å². The predicted molar refractivity (Wildman–Crippen MR) is 153 cm³/mol. The third kappa shape index (κ3) is 11.1. The van der Waals surface area contributed by atoms with Gasteiger partial charge in [0.2, 0.25) is 0 Å². The maximum atomic E-state index is 4.91. The summed E-state index contributed by atoms with van der Waals surface area (Å²) in [4.78, 5) is 12.4. The van der Waals surface area contributed by atoms with Gasteiger partial charge >= 0.3 is 0 Å². The van der Waals surface area contributed by atoms with Crippen LogP contribution in [0.25, 0.3) is 0 Å². The van der Waals surface area contributed by atoms with Gasteiger partial charge in [0.25, 0.3) is 0 Å². The summed E-state index contributed by atoms with van der Waals surface area (Å²) < 4.78 is 0. The van der Waals surface area contributed by atoms with Crippen molar-refractivity contribution in [1.29, 1.82) is 0 Å². The summed E-state index contributed by atoms with van der Waals surface area (Å²) in [5.74, 6) is 0. The van der Waals surface area contributed by atoms with Crippen LogP contribution in [0.2, 0.25) is 0 Å². The summed E-state index contributed by atoms with van der Waals surface area (Å²) >= 11 is 1.82. The minimum Gasteiger partial charge on any atom is -0.346 e. The second-order valence-electron chi connectivity index (χ2n) is 7.95. The minimum absolute atomic E-state index is 0. The van der Waals surface area contributed by atoms with E-state index in [4.69, 9.17) is 4.98 Å². The second kappa shape index (κ2) is 17.5. The summed E-state index contributed by atoms with van der Waals surface area (Å²) in [6, 6.07) is 10.8. The van der Waals surface area contributed by atoms with Gasteiger partial charge in [-0.2, -0.15) is 0 Å². The first-order valence-electron chi connectivity index (χ1n) is 10.9. The van der Waals surface area contributed by atoms with Crippen LogP contribution in [0.1, 0.15) is 37.4 Å². The molecule has 0 bridgehead atoms. The molecule has 4 nitrogen and oxygen atoms in total. The maximum absolute atomic E-state index is 4.91. The number of thiazole rings is 1. The Labute approximate surface area is 224 Å². The number of likely N-dealkylation sites (N-methyl/N-ethyl adjacent to an activating group) is 1. The van der Waals surface area contributed by atoms with Gasteiger partial charge in [-0.3, -0.25) is 4.90 Å². The normalized spacial score (nSPS) is 14.0. The lowest BCUT2D eigenvalue weighted by Gasteiger charge is -2.34. The fraction of sp³-hybridized carbons (Fsp3) is 0.609. The van der Waals surface area contributed by atoms with Crippen molar-refractivity contribution in [2.45, 2.75) is 39.0 Å². The van der Waals surface area contributed by atoms with Crippen LogP contribution in [0.3, 0.4) is 0 Å². The molecule has 0 spiro atoms. The van der Waals surface area contributed by atoms with E-state index in [1.54, 1.807) is 0 Å². The van der Waals surface area contributed by atoms with Crippen molar-refractivity contribution in [3.8, 4) is 0 Å². The molecule has 1 saturated heterocycles. The van der Waals surface area contributed by atoms with Gasteiger partial charge in [-0.1, -0.05) is 37.3 Å². The number of hydrogen-bond donors (Lipinski definition) is 0. The highest BCUT2D eigenvalue weighted by Crippen LogP contribution is 2.22. The first kappa shape index (κ1) is 31.0. The summed E-state index contributed by atoms with van der Waals surface area (Å²) in [7, 11) is 2.24. The van der Waals surface area contributed by atoms with Gasteiger partial charge in [-0.15, -0.1) is 62.3 Å². The lowest BCUT2D eigenvalue weighted by Crippen LogP contribution is -2.46. The number of rotatable bonds is 11. The maximum Gasteiger partial charge on any atom is 0.185 e. The topological polar surface area (TPSA) is 22.6 Å². The van der Waals surface area contributed by atoms with Crippen LogP contribution in [0.5, 0.6) is 0 Å². The lowest BCUT2D eigenvalue weighted by atomic mass is 10.1. The van der Waals surface area contributed by atoms with E-state index in [-0.39, 0.29) is 50.9 Å². The van der Waals surface area contributed by atoms with Crippen molar-refractivity contribution in [3.05, 3.63) is 47.0 Å². The van der Waals surface area contributed by atoms with Gasteiger partial charge < -0.3 is 9.80 Å². The molecule has 1 aromatic heterocycles. The Bertz CT molecular complexity index is 678. The molecule has 0 amide bonds. The molecule has 178 valence electrons. The summed E-state index contributed by atoms with van der Waals surface area (Å²) in [5.41, 5.74) is 2.71. The number of hydrogen-bond acceptors (Lipinski definition) is 5. The fourth-order valence-corrected chi connectivity index (χ4v) is 4.72. The number of aryl methyl sites for hydroxylation is 1. The molecule has 2 aromatic rings. The Kier molecular flexibility index (Phi) is 17.5. The van der Waals surface area contributed by atoms with Crippen LogP contribution in [0.15, 0.2) is 35.7 Å². The van der Waals surface area contributed by atoms with E-state index >= 15 is 0 Å². The quantitative estimate of drug-likeness (QED) is 0.285. The van der Waals surface area contributed by atoms with E-state index in [0.29, 0.717) is 0 Å². The number of benzene rings is 1. The molecule has 1 fully saturated rings. The third-order valence-electron chi connectivity index (χ3n) is 5.57. The molecular weight excluding hydrogens is 604 g/mol. The average Bonchev–Trinajstić information content (AvgIpc) is 3.20. The Morgan fingerprint density at radius 1 is 0.935 bits per heavy atom. The molecule has 8 heteroatoms. The Morgan fingerprint density at radius 2 is 1.65 bits per heavy atom. The van der Waals surface area contributed by atoms with Crippen LogP contribution < -0.4 is 4.90 Å². The van der Waals surface area contributed by atoms with Crippen molar-refractivity contribution in [1.82, 2.24) is 14.8 Å². The summed E-state index contributed by atoms with van der Waals surface area (Å²) in [6.45, 7) is 10.3. The van der Waals surface area contributed by atoms with Crippen molar-refractivity contribution in [2.24, 2.45) is 0 Å². The van der Waals surface area contributed by atoms with Crippen molar-refractivity contribution in [2.75, 3.05) is 57.8 Å². The molecular formula is C23H39Br3N4S. The summed E-state index contributed by atoms with van der Waals surface area (Å²) in [6.07, 6.45) is 6.02. The standard InChI is InChI=1S/C23H36N4S.3BrH/c1-3-13-26-16-18-27(19-17-26)23-24-22(20-28-23)12-15-25(2)14-8-7-11-21-9-5-4-6-10-21;;;/h4-6,9-10,20H,3,7-8,11-19H2,1-2H3;3*1H. The number of halogens is 3. The highest BCUT2D eigenvalue weighted by molar-refractivity contribution is 8.93. The molecule has 0 atom stereocenters. The minimum atomic E-state index is 0. The SMILES string of the molecule is Br.Br.Br.CCCN1CCN(c2nc(CCN(C)CCCCc3ccccc3)cs2)CC1. The predicted octanol–water partition coefficient (Wildman–Crippen LogP) is 5.91. The lowest BCUT2D eigenvalue weighted by molar-refractivity contribution is 0.258. The van der Waals surface area contributed by atoms with Gasteiger partial charge in [0.05, 0.1) is 5.69 Å². The van der Waals surface area contributed by atoms with Crippen molar-refractivity contribution in [3.63, 3.8) is 0 Å². The number of anilines is 1. The molecule has 1 aromatic carbocycles. The zero-order chi connectivity index (χ0) is 19.6. The molecule has 0 N–H and O–H groups in total. The Balaban J connectivity index is 0.00000300. The first-order valence-corrected chi connectivity index (χ1v) is 11.8. The molecule has 1 aliphatic heterocycles. The largest absolute Gasteiger partial charge is 0.346 e. The molecule has 0 aliphatic carbocycles. The van der Waals surface area contributed by atoms with Gasteiger partial charge in [-0.25, -0.2) is 4.98 Å². The number of aromatic nitrogens is 1. The van der Waals surface area contributed by atoms with Gasteiger partial charge in [0.15, 0.2) is 5.13 Å². The molecule has 0 saturated carbocycles. The highest BCUT2D eigenvalue weighted by Gasteiger charge is 2.18. The average molecular weight is 643 g/mol. The van der Waals surface area contributed by atoms with E-state index in [1.165, 1.54) is 68.3 Å². The third-order valence-corrected chi connectivity index (χ3v) is 6.52. The number of unbranched alkanes of at least 4 members (excludes halogenated alkanes) is 1. The smallest absolute Gasteiger partial charge is 0.185 e. The number of nitrogens with zero attached hydrogens (tertiary/aromatic N) is 4. The monoisotopic (exact) mass is 640 g/mol. The highest BCUT2D eigenvalue weighted by atomic mass is 79.9. The number of piperazine rings is 1. The van der Waals surface area contributed by atoms with E-state index in [0.717, 1.165) is 26.1 Å². The van der Waals surface area contributed by atoms with Crippen LogP contribution in [0.4, 0.5) is 5.13 Å². The van der Waals surface area contributed by atoms with Gasteiger partial charge in [-0.05, 0) is 51.4 Å². The first-order chi connectivity index (χ1) is 13.7. The molecule has 2 heterocycles. The molecule has 0 unspecified atom stereocenters. The van der Waals surface area contributed by atoms with E-state index < -0.39 is 0 Å². The molecule has 3 rings (SSSR count). The van der Waals surface area contributed by atoms with Gasteiger partial charge in [0.1, 0.15) is 0 Å². The van der Waals surface area contributed by atoms with Gasteiger partial charge in [0, 0.05) is 44.5 Å². The van der Waals surface area contributed by atoms with Crippen molar-refractivity contribution >= 4 is 67.4 Å². The fourth-order valence-electron chi connectivity index (χ4n) is 3.81. The molecule has 0 radical (unpaired) electrons. The zero-order valence-electron chi connectivity index (χ0n) is 18.9. The van der Waals surface area contributed by atoms with E-state index in [1.807, 2.05) is 11.3 Å². The van der Waals surface area contributed by atoms with Crippen LogP contribution in [-0.4, -0.2) is 67.6 Å². The Hall–Kier alpha value is 0.01000. The van der Waals surface area contributed by atoms with Crippen molar-refractivity contribution < 1.29 is 0 Å². The Morgan fingerprint density at radius 3 is 2.32 bits per heavy atom.